The average Bonchev–Trinajstić information content (AvgIpc) is 2.48. The molecule has 0 saturated carbocycles. The monoisotopic (exact) mass is 260 g/mol. The first-order chi connectivity index (χ1) is 6.56. The first kappa shape index (κ1) is 11.2. The average molecular weight is 261 g/mol. The summed E-state index contributed by atoms with van der Waals surface area (Å²) in [4.78, 5) is 12.9. The van der Waals surface area contributed by atoms with Crippen LogP contribution in [-0.2, 0) is 11.3 Å². The van der Waals surface area contributed by atoms with Crippen molar-refractivity contribution in [3.8, 4) is 0 Å². The van der Waals surface area contributed by atoms with Gasteiger partial charge in [-0.25, -0.2) is 0 Å². The number of nitrogens with zero attached hydrogens (tertiary/aromatic N) is 2. The molecule has 1 rings (SSSR count). The van der Waals surface area contributed by atoms with E-state index in [1.165, 1.54) is 0 Å². The predicted molar refractivity (Wildman–Crippen MR) is 56.2 cm³/mol. The molecule has 78 valence electrons. The number of halogens is 1. The fraction of sp³-hybridized carbons (Fsp3) is 0.556. The van der Waals surface area contributed by atoms with Crippen molar-refractivity contribution in [3.63, 3.8) is 0 Å². The highest BCUT2D eigenvalue weighted by Crippen LogP contribution is 2.14. The molecule has 1 aromatic rings. The molecule has 1 amide bonds. The molecule has 0 unspecified atom stereocenters. The molecule has 1 heterocycles. The molecule has 5 heteroatoms. The van der Waals surface area contributed by atoms with Crippen LogP contribution in [-0.4, -0.2) is 28.3 Å². The van der Waals surface area contributed by atoms with E-state index in [0.29, 0.717) is 11.9 Å². The molecule has 1 aromatic heterocycles. The molecule has 0 aliphatic carbocycles. The minimum atomic E-state index is 0.0463. The maximum Gasteiger partial charge on any atom is 0.233 e. The van der Waals surface area contributed by atoms with E-state index in [4.69, 9.17) is 4.52 Å². The van der Waals surface area contributed by atoms with Crippen LogP contribution >= 0.6 is 15.9 Å². The molecule has 0 saturated heterocycles. The first-order valence-electron chi connectivity index (χ1n) is 4.28. The lowest BCUT2D eigenvalue weighted by Gasteiger charge is -2.15. The Labute approximate surface area is 91.4 Å². The molecule has 0 aliphatic rings. The summed E-state index contributed by atoms with van der Waals surface area (Å²) in [6.45, 7) is 4.27. The van der Waals surface area contributed by atoms with E-state index >= 15 is 0 Å². The van der Waals surface area contributed by atoms with E-state index in [1.54, 1.807) is 11.9 Å². The van der Waals surface area contributed by atoms with E-state index < -0.39 is 0 Å². The van der Waals surface area contributed by atoms with Crippen molar-refractivity contribution in [2.24, 2.45) is 0 Å². The van der Waals surface area contributed by atoms with Gasteiger partial charge in [0.25, 0.3) is 0 Å². The molecule has 0 aliphatic heterocycles. The second kappa shape index (κ2) is 4.59. The number of aromatic nitrogens is 1. The van der Waals surface area contributed by atoms with E-state index in [2.05, 4.69) is 21.1 Å². The first-order valence-corrected chi connectivity index (χ1v) is 5.40. The van der Waals surface area contributed by atoms with Crippen molar-refractivity contribution in [2.45, 2.75) is 20.4 Å². The number of alkyl halides is 1. The number of carbonyl (C=O) groups excluding carboxylic acids is 1. The van der Waals surface area contributed by atoms with Gasteiger partial charge >= 0.3 is 0 Å². The third kappa shape index (κ3) is 2.35. The maximum atomic E-state index is 11.3. The molecule has 14 heavy (non-hydrogen) atoms. The summed E-state index contributed by atoms with van der Waals surface area (Å²) in [7, 11) is 1.76. The largest absolute Gasteiger partial charge is 0.361 e. The zero-order chi connectivity index (χ0) is 10.7. The van der Waals surface area contributed by atoms with Crippen LogP contribution in [0.25, 0.3) is 0 Å². The maximum absolute atomic E-state index is 11.3. The second-order valence-corrected chi connectivity index (χ2v) is 3.75. The van der Waals surface area contributed by atoms with Crippen LogP contribution in [0.3, 0.4) is 0 Å². The highest BCUT2D eigenvalue weighted by atomic mass is 79.9. The minimum absolute atomic E-state index is 0.0463. The van der Waals surface area contributed by atoms with Crippen molar-refractivity contribution in [1.29, 1.82) is 0 Å². The Balaban J connectivity index is 2.73. The Bertz CT molecular complexity index is 316. The van der Waals surface area contributed by atoms with E-state index in [9.17, 15) is 4.79 Å². The summed E-state index contributed by atoms with van der Waals surface area (Å²) in [6, 6.07) is 0. The lowest BCUT2D eigenvalue weighted by Crippen LogP contribution is -2.27. The summed E-state index contributed by atoms with van der Waals surface area (Å²) in [5, 5.41) is 4.17. The number of hydrogen-bond acceptors (Lipinski definition) is 3. The van der Waals surface area contributed by atoms with Gasteiger partial charge in [-0.2, -0.15) is 0 Å². The summed E-state index contributed by atoms with van der Waals surface area (Å²) in [6.07, 6.45) is 0. The molecule has 0 fully saturated rings. The fourth-order valence-corrected chi connectivity index (χ4v) is 1.58. The summed E-state index contributed by atoms with van der Waals surface area (Å²) in [5.74, 6) is 0.821. The van der Waals surface area contributed by atoms with Crippen LogP contribution in [0.4, 0.5) is 0 Å². The predicted octanol–water partition coefficient (Wildman–Crippen LogP) is 1.64. The van der Waals surface area contributed by atoms with Crippen molar-refractivity contribution in [3.05, 3.63) is 17.0 Å². The van der Waals surface area contributed by atoms with E-state index in [-0.39, 0.29) is 5.91 Å². The van der Waals surface area contributed by atoms with Gasteiger partial charge in [-0.3, -0.25) is 4.79 Å². The third-order valence-electron chi connectivity index (χ3n) is 2.12. The molecule has 4 nitrogen and oxygen atoms in total. The fourth-order valence-electron chi connectivity index (χ4n) is 1.15. The topological polar surface area (TPSA) is 46.3 Å². The van der Waals surface area contributed by atoms with Crippen molar-refractivity contribution < 1.29 is 9.32 Å². The van der Waals surface area contributed by atoms with Crippen molar-refractivity contribution >= 4 is 21.8 Å². The number of hydrogen-bond donors (Lipinski definition) is 0. The van der Waals surface area contributed by atoms with Gasteiger partial charge in [-0.1, -0.05) is 21.1 Å². The summed E-state index contributed by atoms with van der Waals surface area (Å²) in [5.41, 5.74) is 1.83. The molecule has 0 spiro atoms. The van der Waals surface area contributed by atoms with Crippen LogP contribution in [0, 0.1) is 13.8 Å². The van der Waals surface area contributed by atoms with Crippen LogP contribution in [0.1, 0.15) is 17.0 Å². The molecule has 0 radical (unpaired) electrons. The van der Waals surface area contributed by atoms with Crippen molar-refractivity contribution in [1.82, 2.24) is 10.1 Å². The second-order valence-electron chi connectivity index (χ2n) is 3.19. The van der Waals surface area contributed by atoms with Crippen LogP contribution in [0.2, 0.25) is 0 Å². The highest BCUT2D eigenvalue weighted by molar-refractivity contribution is 9.09. The molecular formula is C9H13BrN2O2. The van der Waals surface area contributed by atoms with Crippen LogP contribution in [0.5, 0.6) is 0 Å². The molecule has 0 N–H and O–H groups in total. The van der Waals surface area contributed by atoms with Crippen LogP contribution < -0.4 is 0 Å². The van der Waals surface area contributed by atoms with Crippen LogP contribution in [0.15, 0.2) is 4.52 Å². The molecule has 0 aromatic carbocycles. The van der Waals surface area contributed by atoms with Gasteiger partial charge in [0.15, 0.2) is 0 Å². The Kier molecular flexibility index (Phi) is 3.69. The number of rotatable bonds is 3. The summed E-state index contributed by atoms with van der Waals surface area (Å²) >= 11 is 3.13. The van der Waals surface area contributed by atoms with Gasteiger partial charge in [-0.05, 0) is 13.8 Å². The molecular weight excluding hydrogens is 248 g/mol. The van der Waals surface area contributed by atoms with Gasteiger partial charge < -0.3 is 9.42 Å². The lowest BCUT2D eigenvalue weighted by atomic mass is 10.2. The van der Waals surface area contributed by atoms with Gasteiger partial charge in [0, 0.05) is 12.6 Å². The Morgan fingerprint density at radius 2 is 2.21 bits per heavy atom. The van der Waals surface area contributed by atoms with Gasteiger partial charge in [0.1, 0.15) is 5.76 Å². The highest BCUT2D eigenvalue weighted by Gasteiger charge is 2.14. The number of aryl methyl sites for hydroxylation is 2. The third-order valence-corrected chi connectivity index (χ3v) is 2.60. The minimum Gasteiger partial charge on any atom is -0.361 e. The SMILES string of the molecule is Cc1noc(C)c1CN(C)C(=O)CBr. The zero-order valence-electron chi connectivity index (χ0n) is 8.50. The Morgan fingerprint density at radius 3 is 2.64 bits per heavy atom. The Hall–Kier alpha value is -0.840. The lowest BCUT2D eigenvalue weighted by molar-refractivity contribution is -0.127. The molecule has 0 atom stereocenters. The summed E-state index contributed by atoms with van der Waals surface area (Å²) < 4.78 is 5.01. The van der Waals surface area contributed by atoms with Gasteiger partial charge in [0.05, 0.1) is 17.6 Å². The quantitative estimate of drug-likeness (QED) is 0.777. The smallest absolute Gasteiger partial charge is 0.233 e. The zero-order valence-corrected chi connectivity index (χ0v) is 10.1. The van der Waals surface area contributed by atoms with Gasteiger partial charge in [-0.15, -0.1) is 0 Å². The van der Waals surface area contributed by atoms with Gasteiger partial charge in [0.2, 0.25) is 5.91 Å². The number of carbonyl (C=O) groups is 1. The standard InChI is InChI=1S/C9H13BrN2O2/c1-6-8(7(2)14-11-6)5-12(3)9(13)4-10/h4-5H2,1-3H3. The number of amides is 1. The van der Waals surface area contributed by atoms with E-state index in [1.807, 2.05) is 13.8 Å². The normalized spacial score (nSPS) is 10.3. The van der Waals surface area contributed by atoms with Crippen molar-refractivity contribution in [2.75, 3.05) is 12.4 Å². The van der Waals surface area contributed by atoms with E-state index in [0.717, 1.165) is 17.0 Å². The molecule has 0 bridgehead atoms. The Morgan fingerprint density at radius 1 is 1.57 bits per heavy atom.